The van der Waals surface area contributed by atoms with E-state index in [0.29, 0.717) is 5.75 Å². The Balaban J connectivity index is 1.99. The Labute approximate surface area is 108 Å². The van der Waals surface area contributed by atoms with Gasteiger partial charge in [0.05, 0.1) is 6.10 Å². The molecule has 0 bridgehead atoms. The van der Waals surface area contributed by atoms with E-state index in [1.54, 1.807) is 19.2 Å². The minimum absolute atomic E-state index is 0.164. The van der Waals surface area contributed by atoms with Crippen molar-refractivity contribution < 1.29 is 9.84 Å². The predicted octanol–water partition coefficient (Wildman–Crippen LogP) is 3.19. The first-order chi connectivity index (χ1) is 8.78. The van der Waals surface area contributed by atoms with Crippen LogP contribution >= 0.6 is 0 Å². The number of phenolic OH excluding ortho intramolecular Hbond substituents is 1. The molecule has 0 radical (unpaired) electrons. The van der Waals surface area contributed by atoms with E-state index in [-0.39, 0.29) is 6.10 Å². The van der Waals surface area contributed by atoms with Crippen LogP contribution in [-0.2, 0) is 17.6 Å². The van der Waals surface area contributed by atoms with Gasteiger partial charge in [-0.15, -0.1) is 0 Å². The van der Waals surface area contributed by atoms with Gasteiger partial charge in [-0.3, -0.25) is 0 Å². The molecule has 18 heavy (non-hydrogen) atoms. The van der Waals surface area contributed by atoms with Crippen molar-refractivity contribution in [3.05, 3.63) is 65.7 Å². The minimum Gasteiger partial charge on any atom is -0.508 e. The van der Waals surface area contributed by atoms with Crippen LogP contribution in [0.25, 0.3) is 0 Å². The van der Waals surface area contributed by atoms with E-state index in [0.717, 1.165) is 12.8 Å². The van der Waals surface area contributed by atoms with Gasteiger partial charge < -0.3 is 9.84 Å². The lowest BCUT2D eigenvalue weighted by atomic mass is 10.0. The number of rotatable bonds is 5. The molecule has 2 rings (SSSR count). The van der Waals surface area contributed by atoms with Crippen LogP contribution in [0.1, 0.15) is 11.1 Å². The molecule has 0 aliphatic rings. The molecule has 0 fully saturated rings. The summed E-state index contributed by atoms with van der Waals surface area (Å²) in [5, 5.41) is 9.25. The fourth-order valence-electron chi connectivity index (χ4n) is 2.01. The first kappa shape index (κ1) is 12.7. The molecule has 0 amide bonds. The summed E-state index contributed by atoms with van der Waals surface area (Å²) in [5.74, 6) is 0.302. The van der Waals surface area contributed by atoms with Gasteiger partial charge in [0, 0.05) is 7.11 Å². The van der Waals surface area contributed by atoms with E-state index in [1.807, 2.05) is 30.3 Å². The SMILES string of the molecule is COC(Cc1ccccc1)Cc1ccc(O)cc1. The zero-order valence-electron chi connectivity index (χ0n) is 10.5. The minimum atomic E-state index is 0.164. The quantitative estimate of drug-likeness (QED) is 0.872. The highest BCUT2D eigenvalue weighted by atomic mass is 16.5. The van der Waals surface area contributed by atoms with Crippen molar-refractivity contribution in [3.8, 4) is 5.75 Å². The maximum absolute atomic E-state index is 9.25. The van der Waals surface area contributed by atoms with E-state index in [1.165, 1.54) is 11.1 Å². The molecular weight excluding hydrogens is 224 g/mol. The Kier molecular flexibility index (Phi) is 4.37. The van der Waals surface area contributed by atoms with Gasteiger partial charge >= 0.3 is 0 Å². The predicted molar refractivity (Wildman–Crippen MR) is 72.8 cm³/mol. The second-order valence-corrected chi connectivity index (χ2v) is 4.42. The van der Waals surface area contributed by atoms with Crippen LogP contribution in [0.2, 0.25) is 0 Å². The second-order valence-electron chi connectivity index (χ2n) is 4.42. The van der Waals surface area contributed by atoms with E-state index < -0.39 is 0 Å². The van der Waals surface area contributed by atoms with Gasteiger partial charge in [0.25, 0.3) is 0 Å². The van der Waals surface area contributed by atoms with E-state index in [4.69, 9.17) is 4.74 Å². The summed E-state index contributed by atoms with van der Waals surface area (Å²) >= 11 is 0. The number of methoxy groups -OCH3 is 1. The van der Waals surface area contributed by atoms with Crippen molar-refractivity contribution in [2.75, 3.05) is 7.11 Å². The molecule has 2 aromatic rings. The maximum atomic E-state index is 9.25. The largest absolute Gasteiger partial charge is 0.508 e. The summed E-state index contributed by atoms with van der Waals surface area (Å²) < 4.78 is 5.53. The van der Waals surface area contributed by atoms with Crippen molar-refractivity contribution in [2.45, 2.75) is 18.9 Å². The lowest BCUT2D eigenvalue weighted by Gasteiger charge is -2.15. The van der Waals surface area contributed by atoms with Gasteiger partial charge in [-0.25, -0.2) is 0 Å². The van der Waals surface area contributed by atoms with Gasteiger partial charge in [0.15, 0.2) is 0 Å². The molecule has 2 nitrogen and oxygen atoms in total. The molecule has 94 valence electrons. The average molecular weight is 242 g/mol. The summed E-state index contributed by atoms with van der Waals surface area (Å²) in [5.41, 5.74) is 2.46. The first-order valence-electron chi connectivity index (χ1n) is 6.12. The molecule has 0 aliphatic heterocycles. The molecule has 0 spiro atoms. The molecule has 1 atom stereocenters. The topological polar surface area (TPSA) is 29.5 Å². The summed E-state index contributed by atoms with van der Waals surface area (Å²) in [6, 6.07) is 17.6. The third kappa shape index (κ3) is 3.60. The lowest BCUT2D eigenvalue weighted by molar-refractivity contribution is 0.103. The Hall–Kier alpha value is -1.80. The molecule has 0 saturated heterocycles. The zero-order chi connectivity index (χ0) is 12.8. The zero-order valence-corrected chi connectivity index (χ0v) is 10.5. The molecule has 1 unspecified atom stereocenters. The summed E-state index contributed by atoms with van der Waals surface area (Å²) in [6.07, 6.45) is 1.92. The van der Waals surface area contributed by atoms with Gasteiger partial charge in [-0.1, -0.05) is 42.5 Å². The molecule has 0 heterocycles. The maximum Gasteiger partial charge on any atom is 0.115 e. The molecule has 1 N–H and O–H groups in total. The monoisotopic (exact) mass is 242 g/mol. The summed E-state index contributed by atoms with van der Waals surface area (Å²) in [4.78, 5) is 0. The van der Waals surface area contributed by atoms with Crippen molar-refractivity contribution in [3.63, 3.8) is 0 Å². The number of hydrogen-bond donors (Lipinski definition) is 1. The highest BCUT2D eigenvalue weighted by Crippen LogP contribution is 2.14. The lowest BCUT2D eigenvalue weighted by Crippen LogP contribution is -2.17. The molecule has 0 aromatic heterocycles. The van der Waals surface area contributed by atoms with Crippen molar-refractivity contribution in [1.82, 2.24) is 0 Å². The van der Waals surface area contributed by atoms with E-state index >= 15 is 0 Å². The highest BCUT2D eigenvalue weighted by Gasteiger charge is 2.09. The van der Waals surface area contributed by atoms with Crippen LogP contribution in [0.15, 0.2) is 54.6 Å². The number of benzene rings is 2. The number of hydrogen-bond acceptors (Lipinski definition) is 2. The Bertz CT molecular complexity index is 462. The second kappa shape index (κ2) is 6.22. The van der Waals surface area contributed by atoms with E-state index in [2.05, 4.69) is 12.1 Å². The van der Waals surface area contributed by atoms with Crippen LogP contribution in [0, 0.1) is 0 Å². The van der Waals surface area contributed by atoms with Crippen molar-refractivity contribution in [2.24, 2.45) is 0 Å². The van der Waals surface area contributed by atoms with Gasteiger partial charge in [0.1, 0.15) is 5.75 Å². The van der Waals surface area contributed by atoms with Crippen molar-refractivity contribution >= 4 is 0 Å². The van der Waals surface area contributed by atoms with Gasteiger partial charge in [-0.2, -0.15) is 0 Å². The van der Waals surface area contributed by atoms with Gasteiger partial charge in [-0.05, 0) is 36.1 Å². The third-order valence-corrected chi connectivity index (χ3v) is 3.04. The Morgan fingerprint density at radius 2 is 1.44 bits per heavy atom. The number of ether oxygens (including phenoxy) is 1. The standard InChI is InChI=1S/C16H18O2/c1-18-16(11-13-5-3-2-4-6-13)12-14-7-9-15(17)10-8-14/h2-10,16-17H,11-12H2,1H3. The fourth-order valence-corrected chi connectivity index (χ4v) is 2.01. The summed E-state index contributed by atoms with van der Waals surface area (Å²) in [6.45, 7) is 0. The normalized spacial score (nSPS) is 12.3. The average Bonchev–Trinajstić information content (AvgIpc) is 2.41. The highest BCUT2D eigenvalue weighted by molar-refractivity contribution is 5.26. The van der Waals surface area contributed by atoms with E-state index in [9.17, 15) is 5.11 Å². The van der Waals surface area contributed by atoms with Crippen LogP contribution in [0.5, 0.6) is 5.75 Å². The Morgan fingerprint density at radius 1 is 0.889 bits per heavy atom. The molecule has 2 heteroatoms. The van der Waals surface area contributed by atoms with Gasteiger partial charge in [0.2, 0.25) is 0 Å². The van der Waals surface area contributed by atoms with Crippen LogP contribution in [-0.4, -0.2) is 18.3 Å². The molecule has 0 aliphatic carbocycles. The van der Waals surface area contributed by atoms with Crippen LogP contribution in [0.4, 0.5) is 0 Å². The number of phenols is 1. The fraction of sp³-hybridized carbons (Fsp3) is 0.250. The van der Waals surface area contributed by atoms with Crippen LogP contribution in [0.3, 0.4) is 0 Å². The smallest absolute Gasteiger partial charge is 0.115 e. The molecule has 0 saturated carbocycles. The van der Waals surface area contributed by atoms with Crippen LogP contribution < -0.4 is 0 Å². The first-order valence-corrected chi connectivity index (χ1v) is 6.12. The third-order valence-electron chi connectivity index (χ3n) is 3.04. The number of aromatic hydroxyl groups is 1. The molecule has 2 aromatic carbocycles. The Morgan fingerprint density at radius 3 is 2.00 bits per heavy atom. The summed E-state index contributed by atoms with van der Waals surface area (Å²) in [7, 11) is 1.74. The molecular formula is C16H18O2. The van der Waals surface area contributed by atoms with Crippen molar-refractivity contribution in [1.29, 1.82) is 0 Å².